The summed E-state index contributed by atoms with van der Waals surface area (Å²) in [5.41, 5.74) is 0.755. The van der Waals surface area contributed by atoms with Gasteiger partial charge in [-0.2, -0.15) is 9.59 Å². The number of amidine groups is 1. The Morgan fingerprint density at radius 2 is 2.24 bits per heavy atom. The van der Waals surface area contributed by atoms with Gasteiger partial charge in [0.2, 0.25) is 0 Å². The summed E-state index contributed by atoms with van der Waals surface area (Å²) >= 11 is 3.36. The van der Waals surface area contributed by atoms with Gasteiger partial charge < -0.3 is 9.64 Å². The van der Waals surface area contributed by atoms with Crippen LogP contribution < -0.4 is 9.64 Å². The number of ether oxygens (including phenoxy) is 1. The van der Waals surface area contributed by atoms with Crippen LogP contribution in [-0.2, 0) is 9.59 Å². The van der Waals surface area contributed by atoms with Crippen LogP contribution in [0.4, 0.5) is 5.69 Å². The zero-order valence-electron chi connectivity index (χ0n) is 14.9. The summed E-state index contributed by atoms with van der Waals surface area (Å²) in [6.07, 6.45) is 2.02. The summed E-state index contributed by atoms with van der Waals surface area (Å²) in [6.45, 7) is 4.91. The van der Waals surface area contributed by atoms with Crippen molar-refractivity contribution in [3.63, 3.8) is 0 Å². The van der Waals surface area contributed by atoms with E-state index in [1.54, 1.807) is 6.07 Å². The second-order valence-electron chi connectivity index (χ2n) is 4.37. The lowest BCUT2D eigenvalue weighted by molar-refractivity contribution is -0.191. The lowest BCUT2D eigenvalue weighted by Gasteiger charge is -2.23. The van der Waals surface area contributed by atoms with Crippen molar-refractivity contribution in [2.75, 3.05) is 18.5 Å². The van der Waals surface area contributed by atoms with Crippen LogP contribution >= 0.6 is 15.9 Å². The first kappa shape index (κ1) is 13.0. The fourth-order valence-corrected chi connectivity index (χ4v) is 2.51. The average Bonchev–Trinajstić information content (AvgIpc) is 2.90. The number of aliphatic imine (C=N–C) groups is 1. The standard InChI is InChI=1S/C14H19BrN2O.CO2/c1-4-11-9-17(14(5-2)16-11)12-7-6-10(15)8-13(12)18-3;2-1-3/h6-8,11H,4-5,9H2,1-3H3;/i3D3;. The second-order valence-corrected chi connectivity index (χ2v) is 5.28. The maximum atomic E-state index is 8.12. The van der Waals surface area contributed by atoms with E-state index in [-0.39, 0.29) is 12.2 Å². The number of hydrogen-bond donors (Lipinski definition) is 0. The molecule has 0 spiro atoms. The molecule has 0 saturated carbocycles. The zero-order chi connectivity index (χ0) is 18.3. The molecule has 1 atom stereocenters. The Bertz CT molecular complexity index is 629. The van der Waals surface area contributed by atoms with E-state index in [2.05, 4.69) is 32.7 Å². The minimum absolute atomic E-state index is 0.250. The van der Waals surface area contributed by atoms with Crippen LogP contribution in [0, 0.1) is 0 Å². The predicted octanol–water partition coefficient (Wildman–Crippen LogP) is 3.28. The average molecular weight is 358 g/mol. The van der Waals surface area contributed by atoms with Crippen molar-refractivity contribution in [2.45, 2.75) is 32.7 Å². The molecule has 0 aliphatic carbocycles. The number of methoxy groups -OCH3 is 1. The molecule has 0 N–H and O–H groups in total. The van der Waals surface area contributed by atoms with Crippen molar-refractivity contribution in [3.8, 4) is 5.75 Å². The van der Waals surface area contributed by atoms with Gasteiger partial charge in [0.15, 0.2) is 0 Å². The van der Waals surface area contributed by atoms with Gasteiger partial charge >= 0.3 is 6.15 Å². The molecule has 6 heteroatoms. The highest BCUT2D eigenvalue weighted by Crippen LogP contribution is 2.34. The highest BCUT2D eigenvalue weighted by molar-refractivity contribution is 9.10. The van der Waals surface area contributed by atoms with E-state index in [4.69, 9.17) is 18.4 Å². The smallest absolute Gasteiger partial charge is 0.373 e. The molecule has 0 radical (unpaired) electrons. The number of anilines is 1. The number of carbonyl (C=O) groups excluding carboxylic acids is 2. The molecule has 1 aliphatic heterocycles. The molecular weight excluding hydrogens is 336 g/mol. The topological polar surface area (TPSA) is 59.0 Å². The molecule has 1 heterocycles. The Labute approximate surface area is 137 Å². The number of hydrogen-bond acceptors (Lipinski definition) is 5. The first-order chi connectivity index (χ1) is 11.3. The van der Waals surface area contributed by atoms with Crippen molar-refractivity contribution in [2.24, 2.45) is 4.99 Å². The van der Waals surface area contributed by atoms with Gasteiger partial charge in [-0.25, -0.2) is 0 Å². The van der Waals surface area contributed by atoms with Crippen LogP contribution in [0.1, 0.15) is 30.8 Å². The largest absolute Gasteiger partial charge is 0.495 e. The Kier molecular flexibility index (Phi) is 5.34. The number of halogens is 1. The summed E-state index contributed by atoms with van der Waals surface area (Å²) in [5, 5.41) is 0. The van der Waals surface area contributed by atoms with Crippen LogP contribution in [0.3, 0.4) is 0 Å². The first-order valence-electron chi connectivity index (χ1n) is 8.07. The summed E-state index contributed by atoms with van der Waals surface area (Å²) in [6, 6.07) is 5.70. The van der Waals surface area contributed by atoms with Crippen LogP contribution in [0.2, 0.25) is 0 Å². The minimum atomic E-state index is -2.47. The Hall–Kier alpha value is -1.65. The second kappa shape index (κ2) is 8.60. The van der Waals surface area contributed by atoms with Gasteiger partial charge in [-0.05, 0) is 24.6 Å². The summed E-state index contributed by atoms with van der Waals surface area (Å²) in [5.74, 6) is 1.32. The van der Waals surface area contributed by atoms with E-state index in [1.807, 2.05) is 19.1 Å². The summed E-state index contributed by atoms with van der Waals surface area (Å²) in [4.78, 5) is 23.0. The van der Waals surface area contributed by atoms with Crippen molar-refractivity contribution in [1.82, 2.24) is 0 Å². The van der Waals surface area contributed by atoms with Gasteiger partial charge in [0.25, 0.3) is 0 Å². The van der Waals surface area contributed by atoms with Crippen molar-refractivity contribution in [3.05, 3.63) is 22.7 Å². The summed E-state index contributed by atoms with van der Waals surface area (Å²) in [7, 11) is -2.47. The monoisotopic (exact) mass is 357 g/mol. The molecule has 5 nitrogen and oxygen atoms in total. The molecule has 21 heavy (non-hydrogen) atoms. The van der Waals surface area contributed by atoms with E-state index < -0.39 is 7.04 Å². The van der Waals surface area contributed by atoms with E-state index >= 15 is 0 Å². The molecule has 1 aliphatic rings. The predicted molar refractivity (Wildman–Crippen MR) is 84.9 cm³/mol. The van der Waals surface area contributed by atoms with E-state index in [0.29, 0.717) is 5.75 Å². The number of nitrogens with zero attached hydrogens (tertiary/aromatic N) is 2. The maximum Gasteiger partial charge on any atom is 0.373 e. The Balaban J connectivity index is 0.000000891. The van der Waals surface area contributed by atoms with Crippen molar-refractivity contribution >= 4 is 33.6 Å². The molecule has 1 unspecified atom stereocenters. The van der Waals surface area contributed by atoms with Crippen LogP contribution in [0.25, 0.3) is 0 Å². The number of benzene rings is 1. The maximum absolute atomic E-state index is 8.12. The Morgan fingerprint density at radius 1 is 1.52 bits per heavy atom. The summed E-state index contributed by atoms with van der Waals surface area (Å²) < 4.78 is 27.9. The lowest BCUT2D eigenvalue weighted by atomic mass is 10.2. The Morgan fingerprint density at radius 3 is 2.81 bits per heavy atom. The fraction of sp³-hybridized carbons (Fsp3) is 0.467. The molecule has 0 aromatic heterocycles. The molecule has 0 fully saturated rings. The highest BCUT2D eigenvalue weighted by Gasteiger charge is 2.25. The zero-order valence-corrected chi connectivity index (χ0v) is 13.5. The molecule has 1 aromatic rings. The third-order valence-electron chi connectivity index (χ3n) is 3.15. The van der Waals surface area contributed by atoms with Crippen molar-refractivity contribution < 1.29 is 18.4 Å². The minimum Gasteiger partial charge on any atom is -0.495 e. The highest BCUT2D eigenvalue weighted by atomic mass is 79.9. The third-order valence-corrected chi connectivity index (χ3v) is 3.64. The molecule has 0 saturated heterocycles. The van der Waals surface area contributed by atoms with Gasteiger partial charge in [0.05, 0.1) is 22.9 Å². The van der Waals surface area contributed by atoms with Crippen LogP contribution in [0.15, 0.2) is 27.7 Å². The quantitative estimate of drug-likeness (QED) is 0.829. The third kappa shape index (κ3) is 4.41. The first-order valence-corrected chi connectivity index (χ1v) is 7.37. The molecule has 0 amide bonds. The van der Waals surface area contributed by atoms with Gasteiger partial charge in [-0.3, -0.25) is 4.99 Å². The normalized spacial score (nSPS) is 19.4. The van der Waals surface area contributed by atoms with Crippen LogP contribution in [0.5, 0.6) is 5.75 Å². The molecular formula is C15H19BrN2O3. The van der Waals surface area contributed by atoms with E-state index in [1.165, 1.54) is 0 Å². The molecule has 1 aromatic carbocycles. The van der Waals surface area contributed by atoms with E-state index in [9.17, 15) is 0 Å². The van der Waals surface area contributed by atoms with Crippen molar-refractivity contribution in [1.29, 1.82) is 0 Å². The SMILES string of the molecule is O=C=O.[2H]C([2H])([2H])Oc1cc(Br)ccc1N1CC(CC)N=C1CC. The molecule has 0 bridgehead atoms. The molecule has 2 rings (SSSR count). The van der Waals surface area contributed by atoms with Crippen LogP contribution in [-0.4, -0.2) is 31.6 Å². The molecule has 114 valence electrons. The van der Waals surface area contributed by atoms with Gasteiger partial charge in [-0.1, -0.05) is 29.8 Å². The van der Waals surface area contributed by atoms with E-state index in [0.717, 1.165) is 35.4 Å². The van der Waals surface area contributed by atoms with Gasteiger partial charge in [-0.15, -0.1) is 0 Å². The van der Waals surface area contributed by atoms with Gasteiger partial charge in [0, 0.05) is 17.4 Å². The lowest BCUT2D eigenvalue weighted by Crippen LogP contribution is -2.28. The van der Waals surface area contributed by atoms with Gasteiger partial charge in [0.1, 0.15) is 11.6 Å². The fourth-order valence-electron chi connectivity index (χ4n) is 2.17. The number of rotatable bonds is 4.